The van der Waals surface area contributed by atoms with Crippen LogP contribution < -0.4 is 25.3 Å². The topological polar surface area (TPSA) is 129 Å². The number of carbonyl (C=O) groups is 2. The van der Waals surface area contributed by atoms with E-state index in [0.717, 1.165) is 61.8 Å². The van der Waals surface area contributed by atoms with Gasteiger partial charge in [-0.15, -0.1) is 0 Å². The lowest BCUT2D eigenvalue weighted by atomic mass is 9.65. The first-order valence-corrected chi connectivity index (χ1v) is 13.9. The standard InChI is InChI=1S/C30H38N2O7/c1-17-11-18(12-24(36-2)29(17)34)26-19-13-22-23(39-16-38-22)14-20(19)28(21-15-37-30(35)27(21)26)32-25(33)9-7-5-3-4-6-8-10-31/h11-14,21,26-28,34H,3-10,15-16,31H2,1-2H3,(H,32,33)/t21-,26?,27-,28+/m0/s1. The van der Waals surface area contributed by atoms with Crippen LogP contribution in [0.4, 0.5) is 0 Å². The minimum atomic E-state index is -0.514. The predicted molar refractivity (Wildman–Crippen MR) is 144 cm³/mol. The molecule has 0 saturated carbocycles. The molecule has 2 aliphatic heterocycles. The van der Waals surface area contributed by atoms with Crippen LogP contribution in [0.3, 0.4) is 0 Å². The van der Waals surface area contributed by atoms with Crippen molar-refractivity contribution in [2.45, 2.75) is 63.8 Å². The number of phenolic OH excluding ortho intramolecular Hbond substituents is 1. The van der Waals surface area contributed by atoms with Crippen LogP contribution in [-0.4, -0.2) is 44.0 Å². The van der Waals surface area contributed by atoms with Gasteiger partial charge in [0.2, 0.25) is 12.7 Å². The molecule has 2 heterocycles. The molecule has 5 rings (SSSR count). The van der Waals surface area contributed by atoms with Gasteiger partial charge in [0, 0.05) is 18.3 Å². The van der Waals surface area contributed by atoms with Gasteiger partial charge in [-0.3, -0.25) is 9.59 Å². The van der Waals surface area contributed by atoms with Crippen LogP contribution in [0.2, 0.25) is 0 Å². The predicted octanol–water partition coefficient (Wildman–Crippen LogP) is 4.22. The second-order valence-corrected chi connectivity index (χ2v) is 10.7. The molecule has 3 aliphatic rings. The summed E-state index contributed by atoms with van der Waals surface area (Å²) in [6.45, 7) is 2.86. The molecular weight excluding hydrogens is 500 g/mol. The number of amides is 1. The lowest BCUT2D eigenvalue weighted by Gasteiger charge is -2.39. The summed E-state index contributed by atoms with van der Waals surface area (Å²) in [6, 6.07) is 7.09. The monoisotopic (exact) mass is 538 g/mol. The quantitative estimate of drug-likeness (QED) is 0.287. The fourth-order valence-corrected chi connectivity index (χ4v) is 6.24. The molecule has 1 amide bonds. The van der Waals surface area contributed by atoms with Crippen LogP contribution in [0.1, 0.15) is 79.2 Å². The summed E-state index contributed by atoms with van der Waals surface area (Å²) in [5.74, 6) is 0.156. The highest BCUT2D eigenvalue weighted by atomic mass is 16.7. The van der Waals surface area contributed by atoms with E-state index in [1.54, 1.807) is 13.0 Å². The van der Waals surface area contributed by atoms with E-state index in [1.807, 2.05) is 18.2 Å². The van der Waals surface area contributed by atoms with E-state index in [0.29, 0.717) is 29.2 Å². The Hall–Kier alpha value is -3.46. The highest BCUT2D eigenvalue weighted by molar-refractivity contribution is 5.81. The van der Waals surface area contributed by atoms with E-state index in [1.165, 1.54) is 7.11 Å². The number of fused-ring (bicyclic) bond motifs is 3. The lowest BCUT2D eigenvalue weighted by molar-refractivity contribution is -0.141. The second kappa shape index (κ2) is 11.7. The average Bonchev–Trinajstić information content (AvgIpc) is 3.55. The molecule has 1 unspecified atom stereocenters. The van der Waals surface area contributed by atoms with Crippen molar-refractivity contribution in [1.29, 1.82) is 0 Å². The minimum absolute atomic E-state index is 0.0377. The zero-order valence-electron chi connectivity index (χ0n) is 22.7. The Balaban J connectivity index is 1.45. The third-order valence-electron chi connectivity index (χ3n) is 8.23. The first-order valence-electron chi connectivity index (χ1n) is 13.9. The van der Waals surface area contributed by atoms with Crippen molar-refractivity contribution in [3.8, 4) is 23.0 Å². The first-order chi connectivity index (χ1) is 18.9. The molecule has 39 heavy (non-hydrogen) atoms. The number of aryl methyl sites for hydroxylation is 1. The maximum atomic E-state index is 13.2. The number of aromatic hydroxyl groups is 1. The largest absolute Gasteiger partial charge is 0.504 e. The number of rotatable bonds is 11. The van der Waals surface area contributed by atoms with Gasteiger partial charge in [-0.05, 0) is 66.8 Å². The number of carbonyl (C=O) groups excluding carboxylic acids is 2. The van der Waals surface area contributed by atoms with E-state index in [-0.39, 0.29) is 42.9 Å². The highest BCUT2D eigenvalue weighted by Gasteiger charge is 2.53. The number of hydrogen-bond donors (Lipinski definition) is 3. The number of nitrogens with one attached hydrogen (secondary N) is 1. The molecule has 9 nitrogen and oxygen atoms in total. The van der Waals surface area contributed by atoms with E-state index in [2.05, 4.69) is 5.32 Å². The van der Waals surface area contributed by atoms with Gasteiger partial charge in [0.05, 0.1) is 25.7 Å². The van der Waals surface area contributed by atoms with Crippen molar-refractivity contribution in [3.05, 3.63) is 46.5 Å². The van der Waals surface area contributed by atoms with Crippen molar-refractivity contribution < 1.29 is 33.6 Å². The van der Waals surface area contributed by atoms with Crippen molar-refractivity contribution in [2.75, 3.05) is 27.1 Å². The first kappa shape index (κ1) is 27.1. The molecule has 0 spiro atoms. The van der Waals surface area contributed by atoms with Gasteiger partial charge in [-0.25, -0.2) is 0 Å². The fraction of sp³-hybridized carbons (Fsp3) is 0.533. The second-order valence-electron chi connectivity index (χ2n) is 10.7. The number of benzene rings is 2. The molecule has 0 aromatic heterocycles. The molecule has 4 atom stereocenters. The van der Waals surface area contributed by atoms with Gasteiger partial charge in [0.15, 0.2) is 23.0 Å². The number of methoxy groups -OCH3 is 1. The van der Waals surface area contributed by atoms with Crippen molar-refractivity contribution in [2.24, 2.45) is 17.6 Å². The Morgan fingerprint density at radius 1 is 1.03 bits per heavy atom. The lowest BCUT2D eigenvalue weighted by Crippen LogP contribution is -2.42. The Kier molecular flexibility index (Phi) is 8.16. The van der Waals surface area contributed by atoms with Gasteiger partial charge in [0.1, 0.15) is 0 Å². The molecule has 2 aromatic rings. The summed E-state index contributed by atoms with van der Waals surface area (Å²) in [6.07, 6.45) is 6.63. The molecule has 0 radical (unpaired) electrons. The van der Waals surface area contributed by atoms with E-state index >= 15 is 0 Å². The third-order valence-corrected chi connectivity index (χ3v) is 8.23. The fourth-order valence-electron chi connectivity index (χ4n) is 6.24. The van der Waals surface area contributed by atoms with Crippen LogP contribution in [0.15, 0.2) is 24.3 Å². The maximum Gasteiger partial charge on any atom is 0.310 e. The van der Waals surface area contributed by atoms with Crippen LogP contribution in [0, 0.1) is 18.8 Å². The normalized spacial score (nSPS) is 22.7. The molecule has 1 aliphatic carbocycles. The number of nitrogens with two attached hydrogens (primary N) is 1. The summed E-state index contributed by atoms with van der Waals surface area (Å²) in [7, 11) is 1.50. The van der Waals surface area contributed by atoms with E-state index in [4.69, 9.17) is 24.7 Å². The third kappa shape index (κ3) is 5.37. The minimum Gasteiger partial charge on any atom is -0.504 e. The molecule has 1 saturated heterocycles. The van der Waals surface area contributed by atoms with Gasteiger partial charge in [-0.1, -0.05) is 31.7 Å². The Morgan fingerprint density at radius 2 is 1.72 bits per heavy atom. The summed E-state index contributed by atoms with van der Waals surface area (Å²) < 4.78 is 22.4. The Labute approximate surface area is 229 Å². The number of cyclic esters (lactones) is 1. The van der Waals surface area contributed by atoms with Gasteiger partial charge < -0.3 is 35.1 Å². The number of hydrogen-bond acceptors (Lipinski definition) is 8. The smallest absolute Gasteiger partial charge is 0.310 e. The van der Waals surface area contributed by atoms with Crippen LogP contribution in [0.25, 0.3) is 0 Å². The maximum absolute atomic E-state index is 13.2. The van der Waals surface area contributed by atoms with Crippen molar-refractivity contribution >= 4 is 11.9 Å². The number of esters is 1. The average molecular weight is 539 g/mol. The molecule has 2 aromatic carbocycles. The van der Waals surface area contributed by atoms with Gasteiger partial charge >= 0.3 is 5.97 Å². The molecule has 4 N–H and O–H groups in total. The molecule has 1 fully saturated rings. The summed E-state index contributed by atoms with van der Waals surface area (Å²) in [4.78, 5) is 26.3. The SMILES string of the molecule is COc1cc(C2c3cc4c(cc3[C@@H](NC(=O)CCCCCCCCN)[C@H]3COC(=O)[C@H]23)OCO4)cc(C)c1O. The number of ether oxygens (including phenoxy) is 4. The van der Waals surface area contributed by atoms with Crippen molar-refractivity contribution in [3.63, 3.8) is 0 Å². The molecule has 210 valence electrons. The highest BCUT2D eigenvalue weighted by Crippen LogP contribution is 2.55. The molecule has 0 bridgehead atoms. The summed E-state index contributed by atoms with van der Waals surface area (Å²) >= 11 is 0. The zero-order chi connectivity index (χ0) is 27.5. The summed E-state index contributed by atoms with van der Waals surface area (Å²) in [5.41, 5.74) is 8.80. The Bertz CT molecular complexity index is 1230. The van der Waals surface area contributed by atoms with Crippen LogP contribution in [0.5, 0.6) is 23.0 Å². The van der Waals surface area contributed by atoms with Crippen molar-refractivity contribution in [1.82, 2.24) is 5.32 Å². The van der Waals surface area contributed by atoms with Gasteiger partial charge in [-0.2, -0.15) is 0 Å². The molecule has 9 heteroatoms. The number of unbranched alkanes of at least 4 members (excludes halogenated alkanes) is 5. The number of phenols is 1. The van der Waals surface area contributed by atoms with E-state index < -0.39 is 12.0 Å². The van der Waals surface area contributed by atoms with Crippen LogP contribution >= 0.6 is 0 Å². The summed E-state index contributed by atoms with van der Waals surface area (Å²) in [5, 5.41) is 13.7. The zero-order valence-corrected chi connectivity index (χ0v) is 22.7. The molecular formula is C30H38N2O7. The van der Waals surface area contributed by atoms with Crippen LogP contribution in [-0.2, 0) is 14.3 Å². The van der Waals surface area contributed by atoms with E-state index in [9.17, 15) is 14.7 Å². The Morgan fingerprint density at radius 3 is 2.44 bits per heavy atom. The van der Waals surface area contributed by atoms with Gasteiger partial charge in [0.25, 0.3) is 0 Å².